The number of H-pyrrole nitrogens is 1. The quantitative estimate of drug-likeness (QED) is 0.669. The van der Waals surface area contributed by atoms with Gasteiger partial charge in [-0.1, -0.05) is 29.8 Å². The van der Waals surface area contributed by atoms with Crippen LogP contribution in [-0.4, -0.2) is 22.3 Å². The van der Waals surface area contributed by atoms with E-state index in [1.54, 1.807) is 25.3 Å². The van der Waals surface area contributed by atoms with E-state index in [4.69, 9.17) is 21.1 Å². The van der Waals surface area contributed by atoms with E-state index in [1.807, 2.05) is 12.1 Å². The van der Waals surface area contributed by atoms with Gasteiger partial charge in [-0.2, -0.15) is 5.10 Å². The molecule has 8 heteroatoms. The lowest BCUT2D eigenvalue weighted by Gasteiger charge is -2.16. The van der Waals surface area contributed by atoms with Crippen molar-refractivity contribution in [3.8, 4) is 11.5 Å². The number of aromatic amines is 1. The maximum Gasteiger partial charge on any atom is 0.218 e. The van der Waals surface area contributed by atoms with Gasteiger partial charge in [0.2, 0.25) is 5.95 Å². The molecule has 0 fully saturated rings. The van der Waals surface area contributed by atoms with Crippen molar-refractivity contribution in [2.45, 2.75) is 13.2 Å². The summed E-state index contributed by atoms with van der Waals surface area (Å²) in [5.74, 6) is 1.18. The molecule has 6 nitrogen and oxygen atoms in total. The molecule has 0 bridgehead atoms. The Bertz CT molecular complexity index is 822. The topological polar surface area (TPSA) is 72.1 Å². The highest BCUT2D eigenvalue weighted by molar-refractivity contribution is 6.31. The summed E-state index contributed by atoms with van der Waals surface area (Å²) in [5, 5.41) is 9.90. The Morgan fingerprint density at radius 3 is 2.80 bits per heavy atom. The largest absolute Gasteiger partial charge is 0.493 e. The number of ether oxygens (including phenoxy) is 2. The van der Waals surface area contributed by atoms with Gasteiger partial charge in [0.1, 0.15) is 18.8 Å². The van der Waals surface area contributed by atoms with Gasteiger partial charge in [-0.3, -0.25) is 0 Å². The fraction of sp³-hybridized carbons (Fsp3) is 0.176. The summed E-state index contributed by atoms with van der Waals surface area (Å²) in [6, 6.07) is 10.0. The molecule has 0 saturated carbocycles. The van der Waals surface area contributed by atoms with Crippen molar-refractivity contribution in [1.29, 1.82) is 0 Å². The number of benzene rings is 2. The van der Waals surface area contributed by atoms with Crippen LogP contribution >= 0.6 is 11.6 Å². The third kappa shape index (κ3) is 4.00. The van der Waals surface area contributed by atoms with Gasteiger partial charge in [-0.25, -0.2) is 14.5 Å². The summed E-state index contributed by atoms with van der Waals surface area (Å²) < 4.78 is 25.1. The Hall–Kier alpha value is -2.80. The number of nitrogens with one attached hydrogen (secondary N) is 2. The van der Waals surface area contributed by atoms with Crippen LogP contribution in [-0.2, 0) is 13.2 Å². The molecular formula is C17H16ClFN4O2. The number of nitrogens with zero attached hydrogens (tertiary/aromatic N) is 2. The summed E-state index contributed by atoms with van der Waals surface area (Å²) >= 11 is 6.05. The second kappa shape index (κ2) is 7.85. The molecule has 0 aliphatic heterocycles. The minimum Gasteiger partial charge on any atom is -0.493 e. The molecule has 3 rings (SSSR count). The molecule has 0 spiro atoms. The Morgan fingerprint density at radius 2 is 2.08 bits per heavy atom. The number of methoxy groups -OCH3 is 1. The molecule has 130 valence electrons. The van der Waals surface area contributed by atoms with Gasteiger partial charge in [0, 0.05) is 17.7 Å². The van der Waals surface area contributed by atoms with Crippen molar-refractivity contribution in [2.75, 3.05) is 12.4 Å². The molecule has 1 heterocycles. The first-order chi connectivity index (χ1) is 12.2. The van der Waals surface area contributed by atoms with Crippen molar-refractivity contribution in [3.63, 3.8) is 0 Å². The molecule has 0 atom stereocenters. The predicted molar refractivity (Wildman–Crippen MR) is 92.4 cm³/mol. The lowest BCUT2D eigenvalue weighted by atomic mass is 10.1. The van der Waals surface area contributed by atoms with Gasteiger partial charge >= 0.3 is 0 Å². The van der Waals surface area contributed by atoms with Crippen LogP contribution in [0.5, 0.6) is 11.5 Å². The van der Waals surface area contributed by atoms with E-state index in [-0.39, 0.29) is 6.61 Å². The molecule has 25 heavy (non-hydrogen) atoms. The molecule has 0 radical (unpaired) electrons. The molecule has 2 aromatic carbocycles. The standard InChI is InChI=1S/C17H16ClFN4O2/c1-24-15-7-2-4-11(8-20-17-21-10-22-23-17)16(15)25-9-12-13(18)5-3-6-14(12)19/h2-7,10H,8-9H2,1H3,(H2,20,21,22,23). The van der Waals surface area contributed by atoms with E-state index >= 15 is 0 Å². The van der Waals surface area contributed by atoms with Crippen LogP contribution in [0.1, 0.15) is 11.1 Å². The van der Waals surface area contributed by atoms with E-state index in [1.165, 1.54) is 12.4 Å². The number of rotatable bonds is 7. The van der Waals surface area contributed by atoms with Crippen molar-refractivity contribution < 1.29 is 13.9 Å². The predicted octanol–water partition coefficient (Wildman–Crippen LogP) is 3.80. The summed E-state index contributed by atoms with van der Waals surface area (Å²) in [6.07, 6.45) is 1.41. The van der Waals surface area contributed by atoms with Gasteiger partial charge in [0.15, 0.2) is 11.5 Å². The second-order valence-electron chi connectivity index (χ2n) is 5.13. The highest BCUT2D eigenvalue weighted by Crippen LogP contribution is 2.33. The summed E-state index contributed by atoms with van der Waals surface area (Å²) in [6.45, 7) is 0.411. The molecule has 0 aliphatic carbocycles. The number of para-hydroxylation sites is 1. The first-order valence-corrected chi connectivity index (χ1v) is 7.87. The van der Waals surface area contributed by atoms with Crippen LogP contribution in [0.4, 0.5) is 10.3 Å². The molecule has 0 aliphatic rings. The average Bonchev–Trinajstić information content (AvgIpc) is 3.13. The molecule has 2 N–H and O–H groups in total. The Balaban J connectivity index is 1.81. The van der Waals surface area contributed by atoms with E-state index in [9.17, 15) is 4.39 Å². The summed E-state index contributed by atoms with van der Waals surface area (Å²) in [4.78, 5) is 4.00. The number of halogens is 2. The third-order valence-corrected chi connectivity index (χ3v) is 3.92. The average molecular weight is 363 g/mol. The molecule has 3 aromatic rings. The zero-order valence-corrected chi connectivity index (χ0v) is 14.2. The molecular weight excluding hydrogens is 347 g/mol. The van der Waals surface area contributed by atoms with E-state index in [0.29, 0.717) is 34.6 Å². The van der Waals surface area contributed by atoms with E-state index in [0.717, 1.165) is 5.56 Å². The van der Waals surface area contributed by atoms with Crippen LogP contribution in [0, 0.1) is 5.82 Å². The number of aromatic nitrogens is 3. The van der Waals surface area contributed by atoms with E-state index in [2.05, 4.69) is 20.5 Å². The van der Waals surface area contributed by atoms with Crippen LogP contribution in [0.2, 0.25) is 5.02 Å². The smallest absolute Gasteiger partial charge is 0.218 e. The van der Waals surface area contributed by atoms with Crippen molar-refractivity contribution >= 4 is 17.5 Å². The molecule has 1 aromatic heterocycles. The number of anilines is 1. The second-order valence-corrected chi connectivity index (χ2v) is 5.53. The van der Waals surface area contributed by atoms with Gasteiger partial charge in [-0.15, -0.1) is 0 Å². The zero-order valence-electron chi connectivity index (χ0n) is 13.4. The Labute approximate surface area is 149 Å². The molecule has 0 unspecified atom stereocenters. The normalized spacial score (nSPS) is 10.5. The van der Waals surface area contributed by atoms with Crippen LogP contribution in [0.25, 0.3) is 0 Å². The maximum absolute atomic E-state index is 13.9. The number of hydrogen-bond acceptors (Lipinski definition) is 5. The first kappa shape index (κ1) is 17.0. The maximum atomic E-state index is 13.9. The van der Waals surface area contributed by atoms with E-state index < -0.39 is 5.82 Å². The van der Waals surface area contributed by atoms with Crippen LogP contribution in [0.3, 0.4) is 0 Å². The van der Waals surface area contributed by atoms with Gasteiger partial charge in [0.25, 0.3) is 0 Å². The highest BCUT2D eigenvalue weighted by atomic mass is 35.5. The molecule has 0 saturated heterocycles. The van der Waals surface area contributed by atoms with Crippen LogP contribution in [0.15, 0.2) is 42.7 Å². The third-order valence-electron chi connectivity index (χ3n) is 3.56. The van der Waals surface area contributed by atoms with Gasteiger partial charge in [0.05, 0.1) is 12.1 Å². The lowest BCUT2D eigenvalue weighted by molar-refractivity contribution is 0.277. The van der Waals surface area contributed by atoms with Crippen LogP contribution < -0.4 is 14.8 Å². The van der Waals surface area contributed by atoms with Crippen molar-refractivity contribution in [3.05, 3.63) is 64.7 Å². The first-order valence-electron chi connectivity index (χ1n) is 7.50. The van der Waals surface area contributed by atoms with Gasteiger partial charge in [-0.05, 0) is 18.2 Å². The van der Waals surface area contributed by atoms with Crippen molar-refractivity contribution in [1.82, 2.24) is 15.2 Å². The lowest BCUT2D eigenvalue weighted by Crippen LogP contribution is -2.07. The Kier molecular flexibility index (Phi) is 5.35. The SMILES string of the molecule is COc1cccc(CNc2ncn[nH]2)c1OCc1c(F)cccc1Cl. The fourth-order valence-electron chi connectivity index (χ4n) is 2.31. The van der Waals surface area contributed by atoms with Crippen molar-refractivity contribution in [2.24, 2.45) is 0 Å². The number of hydrogen-bond donors (Lipinski definition) is 2. The minimum atomic E-state index is -0.413. The highest BCUT2D eigenvalue weighted by Gasteiger charge is 2.14. The summed E-state index contributed by atoms with van der Waals surface area (Å²) in [5.41, 5.74) is 1.12. The zero-order chi connectivity index (χ0) is 17.6. The summed E-state index contributed by atoms with van der Waals surface area (Å²) in [7, 11) is 1.55. The fourth-order valence-corrected chi connectivity index (χ4v) is 2.53. The van der Waals surface area contributed by atoms with Gasteiger partial charge < -0.3 is 14.8 Å². The minimum absolute atomic E-state index is 0.0127. The monoisotopic (exact) mass is 362 g/mol. The Morgan fingerprint density at radius 1 is 1.24 bits per heavy atom. The molecule has 0 amide bonds.